The lowest BCUT2D eigenvalue weighted by atomic mass is 9.94. The minimum absolute atomic E-state index is 0.313. The zero-order chi connectivity index (χ0) is 13.2. The monoisotopic (exact) mass is 246 g/mol. The molecule has 0 aliphatic heterocycles. The molecule has 2 heterocycles. The van der Waals surface area contributed by atoms with E-state index in [-0.39, 0.29) is 5.41 Å². The second-order valence-corrected chi connectivity index (χ2v) is 4.88. The van der Waals surface area contributed by atoms with Crippen molar-refractivity contribution in [1.29, 1.82) is 0 Å². The predicted octanol–water partition coefficient (Wildman–Crippen LogP) is 1.93. The van der Waals surface area contributed by atoms with Crippen LogP contribution in [0.4, 0.5) is 0 Å². The van der Waals surface area contributed by atoms with Crippen molar-refractivity contribution in [3.63, 3.8) is 0 Å². The Labute approximate surface area is 106 Å². The molecular formula is C13H18N4O. The first-order valence-electron chi connectivity index (χ1n) is 6.07. The maximum atomic E-state index is 5.70. The highest BCUT2D eigenvalue weighted by Crippen LogP contribution is 2.24. The van der Waals surface area contributed by atoms with Gasteiger partial charge in [0, 0.05) is 12.7 Å². The number of aromatic nitrogens is 3. The Morgan fingerprint density at radius 2 is 2.17 bits per heavy atom. The Balaban J connectivity index is 2.41. The second kappa shape index (κ2) is 4.86. The van der Waals surface area contributed by atoms with Crippen molar-refractivity contribution >= 4 is 0 Å². The van der Waals surface area contributed by atoms with Gasteiger partial charge in [0.15, 0.2) is 0 Å². The molecule has 96 valence electrons. The van der Waals surface area contributed by atoms with E-state index in [9.17, 15) is 0 Å². The smallest absolute Gasteiger partial charge is 0.233 e. The molecule has 0 atom stereocenters. The van der Waals surface area contributed by atoms with Gasteiger partial charge < -0.3 is 10.3 Å². The summed E-state index contributed by atoms with van der Waals surface area (Å²) in [6.07, 6.45) is 2.62. The number of nitrogens with two attached hydrogens (primary N) is 1. The van der Waals surface area contributed by atoms with Crippen molar-refractivity contribution in [2.75, 3.05) is 6.54 Å². The van der Waals surface area contributed by atoms with Gasteiger partial charge >= 0.3 is 0 Å². The zero-order valence-electron chi connectivity index (χ0n) is 11.0. The highest BCUT2D eigenvalue weighted by Gasteiger charge is 2.26. The summed E-state index contributed by atoms with van der Waals surface area (Å²) in [6, 6.07) is 3.93. The number of hydrogen-bond donors (Lipinski definition) is 1. The summed E-state index contributed by atoms with van der Waals surface area (Å²) in [5.41, 5.74) is 7.27. The van der Waals surface area contributed by atoms with Crippen LogP contribution >= 0.6 is 0 Å². The first-order valence-corrected chi connectivity index (χ1v) is 6.07. The average molecular weight is 246 g/mol. The molecule has 2 aromatic heterocycles. The van der Waals surface area contributed by atoms with Gasteiger partial charge in [-0.3, -0.25) is 4.98 Å². The van der Waals surface area contributed by atoms with E-state index < -0.39 is 0 Å². The van der Waals surface area contributed by atoms with Gasteiger partial charge in [0.25, 0.3) is 0 Å². The van der Waals surface area contributed by atoms with Crippen LogP contribution in [0.25, 0.3) is 11.5 Å². The molecule has 2 N–H and O–H groups in total. The van der Waals surface area contributed by atoms with Gasteiger partial charge in [-0.15, -0.1) is 0 Å². The molecule has 0 amide bonds. The van der Waals surface area contributed by atoms with Crippen molar-refractivity contribution in [1.82, 2.24) is 15.1 Å². The van der Waals surface area contributed by atoms with E-state index in [1.54, 1.807) is 6.20 Å². The standard InChI is InChI=1S/C13H18N4O/c1-4-9-6-5-7-15-10(9)11-16-12(18-17-11)13(2,3)8-14/h5-7H,4,8,14H2,1-3H3. The molecule has 0 saturated heterocycles. The Morgan fingerprint density at radius 3 is 2.83 bits per heavy atom. The highest BCUT2D eigenvalue weighted by atomic mass is 16.5. The van der Waals surface area contributed by atoms with Crippen LogP contribution in [0.2, 0.25) is 0 Å². The van der Waals surface area contributed by atoms with E-state index in [2.05, 4.69) is 22.0 Å². The fraction of sp³-hybridized carbons (Fsp3) is 0.462. The van der Waals surface area contributed by atoms with Crippen molar-refractivity contribution in [2.24, 2.45) is 5.73 Å². The molecule has 2 rings (SSSR count). The minimum atomic E-state index is -0.313. The Hall–Kier alpha value is -1.75. The molecule has 0 spiro atoms. The van der Waals surface area contributed by atoms with E-state index in [0.29, 0.717) is 18.3 Å². The van der Waals surface area contributed by atoms with Crippen LogP contribution in [-0.2, 0) is 11.8 Å². The Morgan fingerprint density at radius 1 is 1.39 bits per heavy atom. The van der Waals surface area contributed by atoms with E-state index in [1.165, 1.54) is 0 Å². The summed E-state index contributed by atoms with van der Waals surface area (Å²) in [5, 5.41) is 4.01. The summed E-state index contributed by atoms with van der Waals surface area (Å²) in [5.74, 6) is 1.08. The largest absolute Gasteiger partial charge is 0.338 e. The summed E-state index contributed by atoms with van der Waals surface area (Å²) in [6.45, 7) is 6.48. The lowest BCUT2D eigenvalue weighted by molar-refractivity contribution is 0.311. The number of nitrogens with zero attached hydrogens (tertiary/aromatic N) is 3. The molecule has 0 fully saturated rings. The van der Waals surface area contributed by atoms with Crippen LogP contribution in [0.5, 0.6) is 0 Å². The van der Waals surface area contributed by atoms with Crippen LogP contribution in [0.15, 0.2) is 22.9 Å². The third-order valence-corrected chi connectivity index (χ3v) is 3.00. The third-order valence-electron chi connectivity index (χ3n) is 3.00. The van der Waals surface area contributed by atoms with Crippen molar-refractivity contribution in [2.45, 2.75) is 32.6 Å². The Bertz CT molecular complexity index is 533. The lowest BCUT2D eigenvalue weighted by Crippen LogP contribution is -2.28. The van der Waals surface area contributed by atoms with Crippen LogP contribution in [0, 0.1) is 0 Å². The maximum Gasteiger partial charge on any atom is 0.233 e. The summed E-state index contributed by atoms with van der Waals surface area (Å²) < 4.78 is 5.29. The van der Waals surface area contributed by atoms with Crippen LogP contribution in [-0.4, -0.2) is 21.7 Å². The fourth-order valence-electron chi connectivity index (χ4n) is 1.61. The summed E-state index contributed by atoms with van der Waals surface area (Å²) in [7, 11) is 0. The van der Waals surface area contributed by atoms with Gasteiger partial charge in [-0.25, -0.2) is 0 Å². The lowest BCUT2D eigenvalue weighted by Gasteiger charge is -2.15. The minimum Gasteiger partial charge on any atom is -0.338 e. The van der Waals surface area contributed by atoms with E-state index in [4.69, 9.17) is 10.3 Å². The molecule has 0 aliphatic carbocycles. The molecule has 0 unspecified atom stereocenters. The van der Waals surface area contributed by atoms with E-state index >= 15 is 0 Å². The van der Waals surface area contributed by atoms with Crippen LogP contribution in [0.1, 0.15) is 32.2 Å². The molecule has 0 bridgehead atoms. The van der Waals surface area contributed by atoms with Crippen LogP contribution < -0.4 is 5.73 Å². The number of rotatable bonds is 4. The van der Waals surface area contributed by atoms with Crippen molar-refractivity contribution in [3.8, 4) is 11.5 Å². The molecule has 5 nitrogen and oxygen atoms in total. The molecule has 5 heteroatoms. The molecule has 0 radical (unpaired) electrons. The molecule has 0 aliphatic rings. The SMILES string of the molecule is CCc1cccnc1-c1noc(C(C)(C)CN)n1. The topological polar surface area (TPSA) is 77.8 Å². The van der Waals surface area contributed by atoms with Crippen molar-refractivity contribution < 1.29 is 4.52 Å². The van der Waals surface area contributed by atoms with Gasteiger partial charge in [-0.2, -0.15) is 4.98 Å². The number of pyridine rings is 1. The highest BCUT2D eigenvalue weighted by molar-refractivity contribution is 5.53. The summed E-state index contributed by atoms with van der Waals surface area (Å²) >= 11 is 0. The molecule has 2 aromatic rings. The Kier molecular flexibility index (Phi) is 3.43. The number of aryl methyl sites for hydroxylation is 1. The van der Waals surface area contributed by atoms with Crippen LogP contribution in [0.3, 0.4) is 0 Å². The second-order valence-electron chi connectivity index (χ2n) is 4.88. The molecular weight excluding hydrogens is 228 g/mol. The molecule has 0 aromatic carbocycles. The van der Waals surface area contributed by atoms with Gasteiger partial charge in [-0.05, 0) is 31.9 Å². The van der Waals surface area contributed by atoms with Gasteiger partial charge in [0.2, 0.25) is 11.7 Å². The molecule has 18 heavy (non-hydrogen) atoms. The van der Waals surface area contributed by atoms with Gasteiger partial charge in [0.05, 0.1) is 5.41 Å². The first kappa shape index (κ1) is 12.7. The van der Waals surface area contributed by atoms with E-state index in [1.807, 2.05) is 26.0 Å². The predicted molar refractivity (Wildman–Crippen MR) is 69.0 cm³/mol. The van der Waals surface area contributed by atoms with Gasteiger partial charge in [0.1, 0.15) is 5.69 Å². The first-order chi connectivity index (χ1) is 8.58. The normalized spacial score (nSPS) is 11.8. The fourth-order valence-corrected chi connectivity index (χ4v) is 1.61. The maximum absolute atomic E-state index is 5.70. The molecule has 0 saturated carbocycles. The average Bonchev–Trinajstić information content (AvgIpc) is 2.89. The quantitative estimate of drug-likeness (QED) is 0.891. The summed E-state index contributed by atoms with van der Waals surface area (Å²) in [4.78, 5) is 8.74. The number of hydrogen-bond acceptors (Lipinski definition) is 5. The third kappa shape index (κ3) is 2.26. The van der Waals surface area contributed by atoms with E-state index in [0.717, 1.165) is 17.7 Å². The van der Waals surface area contributed by atoms with Crippen molar-refractivity contribution in [3.05, 3.63) is 29.8 Å². The zero-order valence-corrected chi connectivity index (χ0v) is 11.0. The van der Waals surface area contributed by atoms with Gasteiger partial charge in [-0.1, -0.05) is 18.1 Å².